The summed E-state index contributed by atoms with van der Waals surface area (Å²) < 4.78 is 0.326. The van der Waals surface area contributed by atoms with Gasteiger partial charge in [0.25, 0.3) is 0 Å². The van der Waals surface area contributed by atoms with Gasteiger partial charge < -0.3 is 24.6 Å². The van der Waals surface area contributed by atoms with Crippen molar-refractivity contribution in [2.75, 3.05) is 32.8 Å². The number of carboxylic acids is 2. The zero-order chi connectivity index (χ0) is 18.6. The molecule has 0 aliphatic heterocycles. The monoisotopic (exact) mass is 384 g/mol. The number of unbranched alkanes of at least 4 members (excludes halogenated alkanes) is 5. The Hall–Kier alpha value is 0.496. The number of nitrogens with zero attached hydrogens (tertiary/aromatic N) is 1. The quantitative estimate of drug-likeness (QED) is 0.199. The molecule has 0 bridgehead atoms. The molecule has 0 aliphatic rings. The first-order valence-electron chi connectivity index (χ1n) is 9.17. The third-order valence-electron chi connectivity index (χ3n) is 4.71. The Kier molecular flexibility index (Phi) is 17.2. The van der Waals surface area contributed by atoms with Crippen LogP contribution in [-0.2, 0) is 9.59 Å². The van der Waals surface area contributed by atoms with E-state index in [1.807, 2.05) is 0 Å². The summed E-state index contributed by atoms with van der Waals surface area (Å²) in [5, 5.41) is 29.8. The van der Waals surface area contributed by atoms with E-state index in [0.717, 1.165) is 19.3 Å². The number of carbonyl (C=O) groups excluding carboxylic acids is 1. The summed E-state index contributed by atoms with van der Waals surface area (Å²) in [4.78, 5) is 22.4. The summed E-state index contributed by atoms with van der Waals surface area (Å²) in [5.74, 6) is -3.26. The predicted molar refractivity (Wildman–Crippen MR) is 91.2 cm³/mol. The maximum absolute atomic E-state index is 11.2. The summed E-state index contributed by atoms with van der Waals surface area (Å²) in [6.45, 7) is 7.02. The van der Waals surface area contributed by atoms with Crippen LogP contribution in [0.3, 0.4) is 0 Å². The summed E-state index contributed by atoms with van der Waals surface area (Å²) in [5.41, 5.74) is 0. The van der Waals surface area contributed by atoms with Gasteiger partial charge in [-0.25, -0.2) is 0 Å². The predicted octanol–water partition coefficient (Wildman–Crippen LogP) is -1.73. The molecule has 0 heterocycles. The molecule has 0 saturated carbocycles. The van der Waals surface area contributed by atoms with Crippen LogP contribution in [0.5, 0.6) is 0 Å². The summed E-state index contributed by atoms with van der Waals surface area (Å²) in [6.07, 6.45) is 6.69. The number of carbonyl (C=O) groups is 2. The maximum Gasteiger partial charge on any atom is 1.00 e. The molecule has 0 aromatic heterocycles. The fraction of sp³-hybridized carbons (Fsp3) is 0.889. The molecule has 0 radical (unpaired) electrons. The SMILES string of the molecule is CCCCCCCC[N+](CCO)(CC(C)C(=O)[O-])CC(C)C(=O)O.[K+]. The van der Waals surface area contributed by atoms with Gasteiger partial charge in [-0.15, -0.1) is 0 Å². The molecule has 0 saturated heterocycles. The number of carboxylic acid groups (broad SMARTS) is 2. The Bertz CT molecular complexity index is 356. The van der Waals surface area contributed by atoms with Crippen molar-refractivity contribution in [3.63, 3.8) is 0 Å². The maximum atomic E-state index is 11.2. The molecule has 142 valence electrons. The Balaban J connectivity index is 0. The van der Waals surface area contributed by atoms with Gasteiger partial charge in [0.1, 0.15) is 12.5 Å². The molecular formula is C18H35KNO5+. The number of aliphatic hydroxyl groups is 1. The summed E-state index contributed by atoms with van der Waals surface area (Å²) >= 11 is 0. The smallest absolute Gasteiger partial charge is 0.550 e. The second kappa shape index (κ2) is 15.5. The van der Waals surface area contributed by atoms with Crippen molar-refractivity contribution in [3.05, 3.63) is 0 Å². The van der Waals surface area contributed by atoms with Gasteiger partial charge in [0.2, 0.25) is 0 Å². The molecule has 3 unspecified atom stereocenters. The minimum atomic E-state index is -1.12. The van der Waals surface area contributed by atoms with Crippen LogP contribution >= 0.6 is 0 Å². The van der Waals surface area contributed by atoms with Gasteiger partial charge in [-0.2, -0.15) is 0 Å². The van der Waals surface area contributed by atoms with E-state index >= 15 is 0 Å². The molecule has 7 heteroatoms. The third kappa shape index (κ3) is 12.5. The number of aliphatic hydroxyl groups excluding tert-OH is 1. The van der Waals surface area contributed by atoms with E-state index in [1.165, 1.54) is 19.3 Å². The van der Waals surface area contributed by atoms with E-state index in [-0.39, 0.29) is 58.0 Å². The summed E-state index contributed by atoms with van der Waals surface area (Å²) in [7, 11) is 0. The van der Waals surface area contributed by atoms with Gasteiger partial charge in [0.15, 0.2) is 0 Å². The van der Waals surface area contributed by atoms with E-state index in [4.69, 9.17) is 0 Å². The first-order valence-corrected chi connectivity index (χ1v) is 9.17. The van der Waals surface area contributed by atoms with Crippen LogP contribution in [0.25, 0.3) is 0 Å². The van der Waals surface area contributed by atoms with Crippen molar-refractivity contribution < 1.29 is 80.8 Å². The first-order chi connectivity index (χ1) is 11.3. The normalized spacial score (nSPS) is 15.7. The average molecular weight is 385 g/mol. The van der Waals surface area contributed by atoms with Crippen LogP contribution in [0.4, 0.5) is 0 Å². The van der Waals surface area contributed by atoms with E-state index in [0.29, 0.717) is 30.7 Å². The largest absolute Gasteiger partial charge is 1.00 e. The molecule has 6 nitrogen and oxygen atoms in total. The second-order valence-corrected chi connectivity index (χ2v) is 7.10. The fourth-order valence-electron chi connectivity index (χ4n) is 3.31. The van der Waals surface area contributed by atoms with Crippen molar-refractivity contribution in [3.8, 4) is 0 Å². The van der Waals surface area contributed by atoms with Gasteiger partial charge in [0.05, 0.1) is 26.2 Å². The average Bonchev–Trinajstić information content (AvgIpc) is 2.50. The molecule has 25 heavy (non-hydrogen) atoms. The van der Waals surface area contributed by atoms with Crippen molar-refractivity contribution in [2.45, 2.75) is 59.3 Å². The molecule has 0 fully saturated rings. The molecule has 2 N–H and O–H groups in total. The first kappa shape index (κ1) is 27.7. The Labute approximate surface area is 195 Å². The molecule has 3 atom stereocenters. The number of rotatable bonds is 15. The summed E-state index contributed by atoms with van der Waals surface area (Å²) in [6, 6.07) is 0. The van der Waals surface area contributed by atoms with E-state index in [2.05, 4.69) is 6.92 Å². The van der Waals surface area contributed by atoms with Gasteiger partial charge in [-0.05, 0) is 19.8 Å². The van der Waals surface area contributed by atoms with Crippen LogP contribution in [0.2, 0.25) is 0 Å². The number of quaternary nitrogens is 1. The number of aliphatic carboxylic acids is 2. The molecule has 0 aromatic rings. The number of hydrogen-bond donors (Lipinski definition) is 2. The van der Waals surface area contributed by atoms with E-state index < -0.39 is 23.8 Å². The van der Waals surface area contributed by atoms with Crippen LogP contribution in [0.15, 0.2) is 0 Å². The molecule has 0 spiro atoms. The van der Waals surface area contributed by atoms with Crippen molar-refractivity contribution in [2.24, 2.45) is 11.8 Å². The fourth-order valence-corrected chi connectivity index (χ4v) is 3.31. The van der Waals surface area contributed by atoms with Crippen molar-refractivity contribution >= 4 is 11.9 Å². The number of hydrogen-bond acceptors (Lipinski definition) is 4. The van der Waals surface area contributed by atoms with Gasteiger partial charge in [-0.3, -0.25) is 4.79 Å². The minimum absolute atomic E-state index is 0. The van der Waals surface area contributed by atoms with Crippen LogP contribution in [-0.4, -0.2) is 59.4 Å². The Morgan fingerprint density at radius 1 is 0.960 bits per heavy atom. The standard InChI is InChI=1S/C18H35NO5.K/c1-4-5-6-7-8-9-10-19(11-12-20,13-15(2)17(21)22)14-16(3)18(23)24;/h15-16,20H,4-14H2,1-3H3,(H-,21,22,23,24);/q;+1. The van der Waals surface area contributed by atoms with Crippen LogP contribution in [0.1, 0.15) is 59.3 Å². The van der Waals surface area contributed by atoms with Gasteiger partial charge in [-0.1, -0.05) is 39.5 Å². The van der Waals surface area contributed by atoms with Crippen molar-refractivity contribution in [1.29, 1.82) is 0 Å². The zero-order valence-electron chi connectivity index (χ0n) is 16.5. The van der Waals surface area contributed by atoms with Crippen molar-refractivity contribution in [1.82, 2.24) is 0 Å². The Morgan fingerprint density at radius 3 is 1.96 bits per heavy atom. The molecule has 0 amide bonds. The zero-order valence-corrected chi connectivity index (χ0v) is 19.6. The molecule has 0 rings (SSSR count). The molecule has 0 aliphatic carbocycles. The third-order valence-corrected chi connectivity index (χ3v) is 4.71. The minimum Gasteiger partial charge on any atom is -0.550 e. The van der Waals surface area contributed by atoms with E-state index in [9.17, 15) is 24.9 Å². The van der Waals surface area contributed by atoms with Gasteiger partial charge in [0, 0.05) is 11.9 Å². The van der Waals surface area contributed by atoms with Crippen LogP contribution in [0, 0.1) is 11.8 Å². The second-order valence-electron chi connectivity index (χ2n) is 7.10. The van der Waals surface area contributed by atoms with Gasteiger partial charge >= 0.3 is 57.4 Å². The van der Waals surface area contributed by atoms with E-state index in [1.54, 1.807) is 13.8 Å². The van der Waals surface area contributed by atoms with Crippen LogP contribution < -0.4 is 56.5 Å². The molecular weight excluding hydrogens is 349 g/mol. The Morgan fingerprint density at radius 2 is 1.48 bits per heavy atom. The topological polar surface area (TPSA) is 97.7 Å². The molecule has 0 aromatic carbocycles.